The summed E-state index contributed by atoms with van der Waals surface area (Å²) in [7, 11) is 0. The van der Waals surface area contributed by atoms with Gasteiger partial charge in [-0.05, 0) is 50.1 Å². The first kappa shape index (κ1) is 16.5. The molecule has 0 atom stereocenters. The van der Waals surface area contributed by atoms with Crippen molar-refractivity contribution in [3.8, 4) is 11.4 Å². The highest BCUT2D eigenvalue weighted by Gasteiger charge is 2.31. The number of aromatic nitrogens is 2. The number of alkyl halides is 3. The first-order chi connectivity index (χ1) is 11.3. The standard InChI is InChI=1S/C17H17F3N2O2/c1-11-10-16(12-2-6-14(23)7-3-12)21-22(11)13-4-8-15(9-5-13)24-17(18,19)20/h4-5,8-10,12H,2-3,6-7H2,1H3. The van der Waals surface area contributed by atoms with E-state index < -0.39 is 6.36 Å². The van der Waals surface area contributed by atoms with Crippen LogP contribution in [0, 0.1) is 6.92 Å². The molecular weight excluding hydrogens is 321 g/mol. The van der Waals surface area contributed by atoms with E-state index in [0.29, 0.717) is 24.3 Å². The van der Waals surface area contributed by atoms with Gasteiger partial charge in [-0.2, -0.15) is 5.10 Å². The molecule has 0 aliphatic heterocycles. The molecule has 7 heteroatoms. The van der Waals surface area contributed by atoms with E-state index in [2.05, 4.69) is 9.84 Å². The topological polar surface area (TPSA) is 44.1 Å². The summed E-state index contributed by atoms with van der Waals surface area (Å²) in [6, 6.07) is 7.58. The Balaban J connectivity index is 1.78. The zero-order valence-corrected chi connectivity index (χ0v) is 13.1. The van der Waals surface area contributed by atoms with E-state index in [1.54, 1.807) is 4.68 Å². The monoisotopic (exact) mass is 338 g/mol. The fraction of sp³-hybridized carbons (Fsp3) is 0.412. The van der Waals surface area contributed by atoms with E-state index >= 15 is 0 Å². The molecule has 24 heavy (non-hydrogen) atoms. The zero-order valence-electron chi connectivity index (χ0n) is 13.1. The molecule has 1 heterocycles. The van der Waals surface area contributed by atoms with Gasteiger partial charge in [-0.15, -0.1) is 13.2 Å². The van der Waals surface area contributed by atoms with Crippen LogP contribution < -0.4 is 4.74 Å². The predicted molar refractivity (Wildman–Crippen MR) is 81.2 cm³/mol. The van der Waals surface area contributed by atoms with Gasteiger partial charge in [0.25, 0.3) is 0 Å². The Hall–Kier alpha value is -2.31. The fourth-order valence-electron chi connectivity index (χ4n) is 2.98. The Morgan fingerprint density at radius 2 is 1.79 bits per heavy atom. The highest BCUT2D eigenvalue weighted by atomic mass is 19.4. The van der Waals surface area contributed by atoms with Crippen molar-refractivity contribution in [1.29, 1.82) is 0 Å². The van der Waals surface area contributed by atoms with Crippen molar-refractivity contribution in [2.75, 3.05) is 0 Å². The molecule has 1 fully saturated rings. The maximum absolute atomic E-state index is 12.2. The van der Waals surface area contributed by atoms with Gasteiger partial charge in [-0.25, -0.2) is 4.68 Å². The van der Waals surface area contributed by atoms with Crippen LogP contribution >= 0.6 is 0 Å². The molecule has 2 aromatic rings. The van der Waals surface area contributed by atoms with Crippen molar-refractivity contribution in [2.24, 2.45) is 0 Å². The Morgan fingerprint density at radius 1 is 1.17 bits per heavy atom. The van der Waals surface area contributed by atoms with E-state index in [0.717, 1.165) is 24.2 Å². The van der Waals surface area contributed by atoms with Gasteiger partial charge in [0.2, 0.25) is 0 Å². The lowest BCUT2D eigenvalue weighted by Gasteiger charge is -2.18. The lowest BCUT2D eigenvalue weighted by atomic mass is 9.86. The van der Waals surface area contributed by atoms with Gasteiger partial charge < -0.3 is 4.74 Å². The van der Waals surface area contributed by atoms with Crippen molar-refractivity contribution in [3.05, 3.63) is 41.7 Å². The number of nitrogens with zero attached hydrogens (tertiary/aromatic N) is 2. The van der Waals surface area contributed by atoms with Crippen LogP contribution in [0.1, 0.15) is 43.0 Å². The normalized spacial score (nSPS) is 16.4. The van der Waals surface area contributed by atoms with E-state index in [1.165, 1.54) is 24.3 Å². The Kier molecular flexibility index (Phi) is 4.34. The van der Waals surface area contributed by atoms with Crippen LogP contribution in [0.15, 0.2) is 30.3 Å². The largest absolute Gasteiger partial charge is 0.573 e. The number of ketones is 1. The van der Waals surface area contributed by atoms with Crippen molar-refractivity contribution < 1.29 is 22.7 Å². The number of rotatable bonds is 3. The first-order valence-corrected chi connectivity index (χ1v) is 7.76. The number of aryl methyl sites for hydroxylation is 1. The van der Waals surface area contributed by atoms with E-state index in [-0.39, 0.29) is 11.7 Å². The van der Waals surface area contributed by atoms with Crippen LogP contribution in [-0.4, -0.2) is 21.9 Å². The van der Waals surface area contributed by atoms with Crippen LogP contribution in [0.4, 0.5) is 13.2 Å². The van der Waals surface area contributed by atoms with Crippen molar-refractivity contribution in [2.45, 2.75) is 44.9 Å². The molecular formula is C17H17F3N2O2. The summed E-state index contributed by atoms with van der Waals surface area (Å²) >= 11 is 0. The van der Waals surface area contributed by atoms with Crippen LogP contribution in [0.25, 0.3) is 5.69 Å². The number of ether oxygens (including phenoxy) is 1. The molecule has 1 aromatic carbocycles. The quantitative estimate of drug-likeness (QED) is 0.838. The molecule has 0 amide bonds. The molecule has 1 aliphatic rings. The third kappa shape index (κ3) is 3.77. The number of carbonyl (C=O) groups is 1. The molecule has 0 bridgehead atoms. The number of carbonyl (C=O) groups excluding carboxylic acids is 1. The van der Waals surface area contributed by atoms with Crippen molar-refractivity contribution >= 4 is 5.78 Å². The summed E-state index contributed by atoms with van der Waals surface area (Å²) in [6.45, 7) is 1.89. The molecule has 1 aromatic heterocycles. The van der Waals surface area contributed by atoms with Crippen LogP contribution in [0.3, 0.4) is 0 Å². The minimum atomic E-state index is -4.70. The Labute approximate surface area is 137 Å². The molecule has 1 aliphatic carbocycles. The molecule has 0 radical (unpaired) electrons. The summed E-state index contributed by atoms with van der Waals surface area (Å²) in [5, 5.41) is 4.58. The molecule has 0 N–H and O–H groups in total. The van der Waals surface area contributed by atoms with Gasteiger partial charge in [0.05, 0.1) is 11.4 Å². The van der Waals surface area contributed by atoms with Crippen LogP contribution in [0.2, 0.25) is 0 Å². The maximum atomic E-state index is 12.2. The molecule has 4 nitrogen and oxygen atoms in total. The molecule has 1 saturated carbocycles. The zero-order chi connectivity index (χ0) is 17.3. The van der Waals surface area contributed by atoms with Gasteiger partial charge in [0.15, 0.2) is 0 Å². The summed E-state index contributed by atoms with van der Waals surface area (Å²) < 4.78 is 42.2. The molecule has 0 saturated heterocycles. The molecule has 3 rings (SSSR count). The van der Waals surface area contributed by atoms with Crippen molar-refractivity contribution in [3.63, 3.8) is 0 Å². The minimum Gasteiger partial charge on any atom is -0.406 e. The average Bonchev–Trinajstić information content (AvgIpc) is 2.89. The fourth-order valence-corrected chi connectivity index (χ4v) is 2.98. The molecule has 0 spiro atoms. The Bertz CT molecular complexity index is 725. The second-order valence-electron chi connectivity index (χ2n) is 5.98. The first-order valence-electron chi connectivity index (χ1n) is 7.76. The summed E-state index contributed by atoms with van der Waals surface area (Å²) in [5.41, 5.74) is 2.49. The highest BCUT2D eigenvalue weighted by Crippen LogP contribution is 2.31. The van der Waals surface area contributed by atoms with Gasteiger partial charge >= 0.3 is 6.36 Å². The molecule has 0 unspecified atom stereocenters. The third-order valence-electron chi connectivity index (χ3n) is 4.18. The van der Waals surface area contributed by atoms with Crippen LogP contribution in [0.5, 0.6) is 5.75 Å². The highest BCUT2D eigenvalue weighted by molar-refractivity contribution is 5.79. The van der Waals surface area contributed by atoms with Gasteiger partial charge in [-0.1, -0.05) is 0 Å². The number of benzene rings is 1. The van der Waals surface area contributed by atoms with Gasteiger partial charge in [0.1, 0.15) is 11.5 Å². The average molecular weight is 338 g/mol. The lowest BCUT2D eigenvalue weighted by molar-refractivity contribution is -0.274. The SMILES string of the molecule is Cc1cc(C2CCC(=O)CC2)nn1-c1ccc(OC(F)(F)F)cc1. The number of hydrogen-bond donors (Lipinski definition) is 0. The Morgan fingerprint density at radius 3 is 2.38 bits per heavy atom. The third-order valence-corrected chi connectivity index (χ3v) is 4.18. The lowest BCUT2D eigenvalue weighted by Crippen LogP contribution is -2.17. The predicted octanol–water partition coefficient (Wildman–Crippen LogP) is 4.31. The van der Waals surface area contributed by atoms with Crippen LogP contribution in [-0.2, 0) is 4.79 Å². The van der Waals surface area contributed by atoms with Gasteiger partial charge in [0, 0.05) is 24.5 Å². The smallest absolute Gasteiger partial charge is 0.406 e. The maximum Gasteiger partial charge on any atom is 0.573 e. The van der Waals surface area contributed by atoms with Gasteiger partial charge in [-0.3, -0.25) is 4.79 Å². The number of Topliss-reactive ketones (excluding diaryl/α,β-unsaturated/α-hetero) is 1. The van der Waals surface area contributed by atoms with E-state index in [9.17, 15) is 18.0 Å². The minimum absolute atomic E-state index is 0.260. The molecule has 128 valence electrons. The number of hydrogen-bond acceptors (Lipinski definition) is 3. The van der Waals surface area contributed by atoms with Crippen molar-refractivity contribution in [1.82, 2.24) is 9.78 Å². The summed E-state index contributed by atoms with van der Waals surface area (Å²) in [4.78, 5) is 11.3. The summed E-state index contributed by atoms with van der Waals surface area (Å²) in [5.74, 6) is 0.292. The van der Waals surface area contributed by atoms with E-state index in [1.807, 2.05) is 13.0 Å². The number of halogens is 3. The second-order valence-corrected chi connectivity index (χ2v) is 5.98. The summed E-state index contributed by atoms with van der Waals surface area (Å²) in [6.07, 6.45) is -1.93. The second kappa shape index (κ2) is 6.30. The van der Waals surface area contributed by atoms with E-state index in [4.69, 9.17) is 0 Å².